The molecule has 0 spiro atoms. The second kappa shape index (κ2) is 7.92. The first kappa shape index (κ1) is 20.8. The van der Waals surface area contributed by atoms with Crippen LogP contribution in [0, 0.1) is 0 Å². The number of rotatable bonds is 4. The summed E-state index contributed by atoms with van der Waals surface area (Å²) in [5, 5.41) is 0.620. The highest BCUT2D eigenvalue weighted by Crippen LogP contribution is 2.35. The molecule has 0 bridgehead atoms. The molecule has 0 N–H and O–H groups in total. The highest BCUT2D eigenvalue weighted by Gasteiger charge is 2.25. The fourth-order valence-electron chi connectivity index (χ4n) is 4.80. The van der Waals surface area contributed by atoms with Crippen molar-refractivity contribution in [2.75, 3.05) is 0 Å². The Labute approximate surface area is 198 Å². The molecule has 8 heteroatoms. The van der Waals surface area contributed by atoms with Crippen LogP contribution in [-0.4, -0.2) is 18.5 Å². The number of benzene rings is 1. The molecule has 1 aliphatic carbocycles. The molecule has 170 valence electrons. The van der Waals surface area contributed by atoms with Crippen LogP contribution in [0.2, 0.25) is 0 Å². The Morgan fingerprint density at radius 3 is 2.65 bits per heavy atom. The summed E-state index contributed by atoms with van der Waals surface area (Å²) in [6.07, 6.45) is 5.32. The molecule has 0 saturated heterocycles. The summed E-state index contributed by atoms with van der Waals surface area (Å²) in [6.45, 7) is 2.18. The summed E-state index contributed by atoms with van der Waals surface area (Å²) in [5.41, 5.74) is 2.85. The van der Waals surface area contributed by atoms with Gasteiger partial charge in [-0.1, -0.05) is 25.1 Å². The Bertz CT molecular complexity index is 1760. The van der Waals surface area contributed by atoms with Crippen LogP contribution in [0.5, 0.6) is 0 Å². The third-order valence-electron chi connectivity index (χ3n) is 6.53. The Balaban J connectivity index is 1.61. The number of aromatic nitrogens is 4. The number of fused-ring (bicyclic) bond motifs is 4. The van der Waals surface area contributed by atoms with Crippen molar-refractivity contribution < 1.29 is 0 Å². The molecule has 34 heavy (non-hydrogen) atoms. The van der Waals surface area contributed by atoms with Crippen LogP contribution in [0.1, 0.15) is 35.0 Å². The van der Waals surface area contributed by atoms with E-state index in [2.05, 4.69) is 11.9 Å². The molecule has 7 nitrogen and oxygen atoms in total. The number of pyridine rings is 1. The average Bonchev–Trinajstić information content (AvgIpc) is 3.44. The van der Waals surface area contributed by atoms with Gasteiger partial charge in [-0.15, -0.1) is 11.3 Å². The van der Waals surface area contributed by atoms with E-state index in [0.717, 1.165) is 36.8 Å². The quantitative estimate of drug-likeness (QED) is 0.404. The summed E-state index contributed by atoms with van der Waals surface area (Å²) >= 11 is 1.52. The molecule has 4 heterocycles. The third-order valence-corrected chi connectivity index (χ3v) is 7.85. The van der Waals surface area contributed by atoms with Gasteiger partial charge in [-0.3, -0.25) is 18.6 Å². The van der Waals surface area contributed by atoms with Gasteiger partial charge in [-0.05, 0) is 61.1 Å². The van der Waals surface area contributed by atoms with Crippen molar-refractivity contribution in [3.63, 3.8) is 0 Å². The molecule has 4 aromatic heterocycles. The van der Waals surface area contributed by atoms with E-state index in [1.165, 1.54) is 31.2 Å². The summed E-state index contributed by atoms with van der Waals surface area (Å²) in [5.74, 6) is 0. The summed E-state index contributed by atoms with van der Waals surface area (Å²) in [6, 6.07) is 14.4. The molecule has 5 aromatic rings. The molecule has 0 aliphatic heterocycles. The third kappa shape index (κ3) is 3.17. The van der Waals surface area contributed by atoms with Crippen molar-refractivity contribution in [2.24, 2.45) is 0 Å². The first-order chi connectivity index (χ1) is 16.5. The monoisotopic (exact) mass is 470 g/mol. The number of nitrogens with zero attached hydrogens (tertiary/aromatic N) is 4. The minimum absolute atomic E-state index is 0.114. The molecular weight excluding hydrogens is 448 g/mol. The van der Waals surface area contributed by atoms with E-state index >= 15 is 0 Å². The van der Waals surface area contributed by atoms with Crippen LogP contribution < -0.4 is 16.8 Å². The van der Waals surface area contributed by atoms with Crippen molar-refractivity contribution in [3.8, 4) is 5.69 Å². The first-order valence-corrected chi connectivity index (χ1v) is 12.2. The fourth-order valence-corrected chi connectivity index (χ4v) is 6.17. The topological polar surface area (TPSA) is 78.4 Å². The van der Waals surface area contributed by atoms with Gasteiger partial charge in [-0.25, -0.2) is 14.3 Å². The fraction of sp³-hybridized carbons (Fsp3) is 0.231. The maximum Gasteiger partial charge on any atom is 0.337 e. The van der Waals surface area contributed by atoms with Crippen LogP contribution >= 0.6 is 11.3 Å². The van der Waals surface area contributed by atoms with Gasteiger partial charge in [0.05, 0.1) is 23.3 Å². The normalized spacial score (nSPS) is 13.1. The van der Waals surface area contributed by atoms with Gasteiger partial charge in [0.15, 0.2) is 0 Å². The maximum atomic E-state index is 13.8. The van der Waals surface area contributed by atoms with Gasteiger partial charge in [0.1, 0.15) is 10.5 Å². The van der Waals surface area contributed by atoms with E-state index < -0.39 is 5.69 Å². The van der Waals surface area contributed by atoms with Crippen LogP contribution in [0.4, 0.5) is 0 Å². The van der Waals surface area contributed by atoms with Crippen LogP contribution in [0.15, 0.2) is 69.1 Å². The zero-order valence-corrected chi connectivity index (χ0v) is 19.5. The lowest BCUT2D eigenvalue weighted by atomic mass is 10.1. The van der Waals surface area contributed by atoms with E-state index in [0.29, 0.717) is 27.2 Å². The number of hydrogen-bond acceptors (Lipinski definition) is 5. The van der Waals surface area contributed by atoms with Gasteiger partial charge < -0.3 is 0 Å². The number of hydrogen-bond donors (Lipinski definition) is 0. The summed E-state index contributed by atoms with van der Waals surface area (Å²) in [4.78, 5) is 46.5. The second-order valence-electron chi connectivity index (χ2n) is 8.58. The molecule has 0 fully saturated rings. The second-order valence-corrected chi connectivity index (χ2v) is 9.66. The van der Waals surface area contributed by atoms with Crippen molar-refractivity contribution in [2.45, 2.75) is 39.2 Å². The molecule has 0 saturated carbocycles. The van der Waals surface area contributed by atoms with E-state index in [-0.39, 0.29) is 17.7 Å². The lowest BCUT2D eigenvalue weighted by Gasteiger charge is -2.13. The van der Waals surface area contributed by atoms with E-state index in [9.17, 15) is 14.4 Å². The maximum absolute atomic E-state index is 13.8. The van der Waals surface area contributed by atoms with Crippen molar-refractivity contribution in [1.29, 1.82) is 0 Å². The lowest BCUT2D eigenvalue weighted by molar-refractivity contribution is 0.704. The predicted octanol–water partition coefficient (Wildman–Crippen LogP) is 3.32. The lowest BCUT2D eigenvalue weighted by Crippen LogP contribution is -2.39. The standard InChI is InChI=1S/C26H22N4O3S/c1-2-16-9-11-18(12-10-16)30-24(32)23-19-6-5-7-20(19)34-25(23)29(26(30)33)15-17-14-22(31)28-13-4-3-8-21(28)27-17/h3-4,8-14H,2,5-7,15H2,1H3. The van der Waals surface area contributed by atoms with Crippen molar-refractivity contribution >= 4 is 27.2 Å². The SMILES string of the molecule is CCc1ccc(-n2c(=O)c3c4c(sc3n(Cc3cc(=O)n5ccccc5n3)c2=O)CCC4)cc1. The highest BCUT2D eigenvalue weighted by molar-refractivity contribution is 7.18. The van der Waals surface area contributed by atoms with Crippen LogP contribution in [-0.2, 0) is 25.8 Å². The first-order valence-electron chi connectivity index (χ1n) is 11.4. The molecule has 0 amide bonds. The molecule has 0 unspecified atom stereocenters. The smallest absolute Gasteiger partial charge is 0.278 e. The van der Waals surface area contributed by atoms with E-state index in [4.69, 9.17) is 0 Å². The van der Waals surface area contributed by atoms with E-state index in [1.54, 1.807) is 22.9 Å². The zero-order chi connectivity index (χ0) is 23.4. The Morgan fingerprint density at radius 1 is 1.03 bits per heavy atom. The molecular formula is C26H22N4O3S. The highest BCUT2D eigenvalue weighted by atomic mass is 32.1. The molecule has 0 radical (unpaired) electrons. The number of thiophene rings is 1. The minimum atomic E-state index is -0.420. The Morgan fingerprint density at radius 2 is 1.85 bits per heavy atom. The van der Waals surface area contributed by atoms with Gasteiger partial charge in [-0.2, -0.15) is 0 Å². The van der Waals surface area contributed by atoms with Gasteiger partial charge in [0.25, 0.3) is 11.1 Å². The minimum Gasteiger partial charge on any atom is -0.278 e. The van der Waals surface area contributed by atoms with Gasteiger partial charge >= 0.3 is 5.69 Å². The largest absolute Gasteiger partial charge is 0.337 e. The summed E-state index contributed by atoms with van der Waals surface area (Å²) < 4.78 is 4.34. The molecule has 1 aliphatic rings. The number of aryl methyl sites for hydroxylation is 3. The average molecular weight is 471 g/mol. The summed E-state index contributed by atoms with van der Waals surface area (Å²) in [7, 11) is 0. The van der Waals surface area contributed by atoms with Crippen LogP contribution in [0.3, 0.4) is 0 Å². The van der Waals surface area contributed by atoms with Crippen molar-refractivity contribution in [1.82, 2.24) is 18.5 Å². The van der Waals surface area contributed by atoms with Gasteiger partial charge in [0.2, 0.25) is 0 Å². The zero-order valence-electron chi connectivity index (χ0n) is 18.7. The van der Waals surface area contributed by atoms with Crippen molar-refractivity contribution in [3.05, 3.63) is 108 Å². The van der Waals surface area contributed by atoms with Crippen LogP contribution in [0.25, 0.3) is 21.6 Å². The Hall–Kier alpha value is -3.78. The molecule has 1 aromatic carbocycles. The molecule has 6 rings (SSSR count). The predicted molar refractivity (Wildman–Crippen MR) is 134 cm³/mol. The van der Waals surface area contributed by atoms with Gasteiger partial charge in [0, 0.05) is 17.1 Å². The van der Waals surface area contributed by atoms with E-state index in [1.807, 2.05) is 30.3 Å². The Kier molecular flexibility index (Phi) is 4.84. The molecule has 0 atom stereocenters.